The Labute approximate surface area is 146 Å². The van der Waals surface area contributed by atoms with Gasteiger partial charge in [-0.05, 0) is 18.4 Å². The van der Waals surface area contributed by atoms with E-state index >= 15 is 0 Å². The number of likely N-dealkylation sites (tertiary alicyclic amines) is 1. The summed E-state index contributed by atoms with van der Waals surface area (Å²) in [6, 6.07) is 10.4. The standard InChI is InChI=1S/C19H21N5O/c25-19(17-20-8-9-21-17)24-11-4-7-16(14-24)18-22-10-12-23(18)13-15-5-2-1-3-6-15/h1-3,5-6,8-10,12,16H,4,7,11,13-14H2,(H,20,21)/t16-/m1/s1. The highest BCUT2D eigenvalue weighted by Gasteiger charge is 2.28. The van der Waals surface area contributed by atoms with Gasteiger partial charge in [0.1, 0.15) is 5.82 Å². The molecule has 3 aromatic rings. The zero-order valence-corrected chi connectivity index (χ0v) is 14.0. The highest BCUT2D eigenvalue weighted by Crippen LogP contribution is 2.27. The van der Waals surface area contributed by atoms with Crippen LogP contribution in [0.5, 0.6) is 0 Å². The monoisotopic (exact) mass is 335 g/mol. The van der Waals surface area contributed by atoms with Gasteiger partial charge in [-0.15, -0.1) is 0 Å². The van der Waals surface area contributed by atoms with E-state index in [0.717, 1.165) is 31.8 Å². The first-order valence-corrected chi connectivity index (χ1v) is 8.65. The number of rotatable bonds is 4. The zero-order chi connectivity index (χ0) is 17.1. The summed E-state index contributed by atoms with van der Waals surface area (Å²) in [5.41, 5.74) is 1.25. The molecule has 1 atom stereocenters. The third kappa shape index (κ3) is 3.33. The average Bonchev–Trinajstić information content (AvgIpc) is 3.34. The maximum Gasteiger partial charge on any atom is 0.289 e. The van der Waals surface area contributed by atoms with Gasteiger partial charge in [0.25, 0.3) is 5.91 Å². The number of hydrogen-bond acceptors (Lipinski definition) is 3. The van der Waals surface area contributed by atoms with Crippen molar-refractivity contribution in [1.29, 1.82) is 0 Å². The maximum absolute atomic E-state index is 12.6. The summed E-state index contributed by atoms with van der Waals surface area (Å²) in [5, 5.41) is 0. The average molecular weight is 335 g/mol. The van der Waals surface area contributed by atoms with Crippen molar-refractivity contribution < 1.29 is 4.79 Å². The number of piperidine rings is 1. The van der Waals surface area contributed by atoms with Crippen molar-refractivity contribution in [2.24, 2.45) is 0 Å². The third-order valence-corrected chi connectivity index (χ3v) is 4.72. The number of benzene rings is 1. The molecule has 1 aromatic carbocycles. The van der Waals surface area contributed by atoms with E-state index < -0.39 is 0 Å². The second kappa shape index (κ2) is 6.93. The molecule has 1 N–H and O–H groups in total. The fraction of sp³-hybridized carbons (Fsp3) is 0.316. The molecule has 0 saturated carbocycles. The molecule has 1 saturated heterocycles. The van der Waals surface area contributed by atoms with Crippen molar-refractivity contribution in [3.05, 3.63) is 72.3 Å². The number of amides is 1. The van der Waals surface area contributed by atoms with Gasteiger partial charge in [-0.3, -0.25) is 4.79 Å². The van der Waals surface area contributed by atoms with Gasteiger partial charge in [0.15, 0.2) is 5.82 Å². The Morgan fingerprint density at radius 2 is 2.08 bits per heavy atom. The Bertz CT molecular complexity index is 825. The normalized spacial score (nSPS) is 17.6. The van der Waals surface area contributed by atoms with Crippen LogP contribution in [0.15, 0.2) is 55.1 Å². The van der Waals surface area contributed by atoms with Crippen LogP contribution in [0, 0.1) is 0 Å². The van der Waals surface area contributed by atoms with Crippen molar-refractivity contribution in [3.63, 3.8) is 0 Å². The van der Waals surface area contributed by atoms with Gasteiger partial charge in [-0.2, -0.15) is 0 Å². The number of carbonyl (C=O) groups excluding carboxylic acids is 1. The second-order valence-electron chi connectivity index (χ2n) is 6.43. The number of imidazole rings is 2. The predicted octanol–water partition coefficient (Wildman–Crippen LogP) is 2.67. The maximum atomic E-state index is 12.6. The molecule has 1 amide bonds. The van der Waals surface area contributed by atoms with Gasteiger partial charge in [0, 0.05) is 50.3 Å². The van der Waals surface area contributed by atoms with Gasteiger partial charge in [-0.25, -0.2) is 9.97 Å². The molecule has 2 aromatic heterocycles. The van der Waals surface area contributed by atoms with Crippen LogP contribution in [0.1, 0.15) is 40.8 Å². The third-order valence-electron chi connectivity index (χ3n) is 4.72. The van der Waals surface area contributed by atoms with Crippen molar-refractivity contribution in [3.8, 4) is 0 Å². The molecule has 1 aliphatic rings. The van der Waals surface area contributed by atoms with Crippen molar-refractivity contribution in [1.82, 2.24) is 24.4 Å². The lowest BCUT2D eigenvalue weighted by molar-refractivity contribution is 0.0692. The number of carbonyl (C=O) groups is 1. The highest BCUT2D eigenvalue weighted by molar-refractivity contribution is 5.90. The minimum Gasteiger partial charge on any atom is -0.341 e. The van der Waals surface area contributed by atoms with Crippen molar-refractivity contribution in [2.75, 3.05) is 13.1 Å². The van der Waals surface area contributed by atoms with Crippen LogP contribution in [0.2, 0.25) is 0 Å². The van der Waals surface area contributed by atoms with E-state index in [9.17, 15) is 4.79 Å². The predicted molar refractivity (Wildman–Crippen MR) is 94.2 cm³/mol. The van der Waals surface area contributed by atoms with Gasteiger partial charge < -0.3 is 14.5 Å². The minimum atomic E-state index is -0.0316. The summed E-state index contributed by atoms with van der Waals surface area (Å²) in [7, 11) is 0. The Hall–Kier alpha value is -2.89. The molecule has 0 unspecified atom stereocenters. The molecule has 6 nitrogen and oxygen atoms in total. The van der Waals surface area contributed by atoms with Gasteiger partial charge in [-0.1, -0.05) is 30.3 Å². The zero-order valence-electron chi connectivity index (χ0n) is 14.0. The van der Waals surface area contributed by atoms with Crippen LogP contribution in [0.4, 0.5) is 0 Å². The van der Waals surface area contributed by atoms with Crippen molar-refractivity contribution >= 4 is 5.91 Å². The fourth-order valence-corrected chi connectivity index (χ4v) is 3.50. The lowest BCUT2D eigenvalue weighted by atomic mass is 9.97. The summed E-state index contributed by atoms with van der Waals surface area (Å²) >= 11 is 0. The molecule has 128 valence electrons. The Kier molecular flexibility index (Phi) is 4.33. The Morgan fingerprint density at radius 3 is 2.88 bits per heavy atom. The molecular weight excluding hydrogens is 314 g/mol. The fourth-order valence-electron chi connectivity index (χ4n) is 3.50. The van der Waals surface area contributed by atoms with Crippen LogP contribution in [-0.2, 0) is 6.54 Å². The molecule has 0 spiro atoms. The number of nitrogens with zero attached hydrogens (tertiary/aromatic N) is 4. The molecule has 6 heteroatoms. The first kappa shape index (κ1) is 15.6. The molecular formula is C19H21N5O. The Balaban J connectivity index is 1.50. The van der Waals surface area contributed by atoms with Crippen LogP contribution < -0.4 is 0 Å². The van der Waals surface area contributed by atoms with Crippen LogP contribution >= 0.6 is 0 Å². The van der Waals surface area contributed by atoms with E-state index in [2.05, 4.69) is 43.8 Å². The second-order valence-corrected chi connectivity index (χ2v) is 6.43. The summed E-state index contributed by atoms with van der Waals surface area (Å²) < 4.78 is 2.20. The molecule has 0 bridgehead atoms. The first-order chi connectivity index (χ1) is 12.3. The van der Waals surface area contributed by atoms with Crippen LogP contribution in [-0.4, -0.2) is 43.4 Å². The highest BCUT2D eigenvalue weighted by atomic mass is 16.2. The smallest absolute Gasteiger partial charge is 0.289 e. The molecule has 4 rings (SSSR count). The van der Waals surface area contributed by atoms with Gasteiger partial charge >= 0.3 is 0 Å². The summed E-state index contributed by atoms with van der Waals surface area (Å²) in [6.45, 7) is 2.26. The SMILES string of the molecule is O=C(c1ncc[nH]1)N1CCC[C@@H](c2nccn2Cc2ccccc2)C1. The van der Waals surface area contributed by atoms with Gasteiger partial charge in [0.05, 0.1) is 0 Å². The number of nitrogens with one attached hydrogen (secondary N) is 1. The first-order valence-electron chi connectivity index (χ1n) is 8.65. The van der Waals surface area contributed by atoms with E-state index in [4.69, 9.17) is 0 Å². The summed E-state index contributed by atoms with van der Waals surface area (Å²) in [6.07, 6.45) is 9.20. The summed E-state index contributed by atoms with van der Waals surface area (Å²) in [4.78, 5) is 26.0. The molecule has 3 heterocycles. The number of H-pyrrole nitrogens is 1. The van der Waals surface area contributed by atoms with E-state index in [-0.39, 0.29) is 11.8 Å². The Morgan fingerprint density at radius 1 is 1.20 bits per heavy atom. The number of aromatic amines is 1. The van der Waals surface area contributed by atoms with E-state index in [1.54, 1.807) is 12.4 Å². The van der Waals surface area contributed by atoms with E-state index in [1.807, 2.05) is 23.4 Å². The van der Waals surface area contributed by atoms with E-state index in [0.29, 0.717) is 12.4 Å². The summed E-state index contributed by atoms with van der Waals surface area (Å²) in [5.74, 6) is 1.69. The van der Waals surface area contributed by atoms with Crippen LogP contribution in [0.25, 0.3) is 0 Å². The molecule has 1 aliphatic heterocycles. The minimum absolute atomic E-state index is 0.0316. The largest absolute Gasteiger partial charge is 0.341 e. The van der Waals surface area contributed by atoms with Gasteiger partial charge in [0.2, 0.25) is 0 Å². The molecule has 0 radical (unpaired) electrons. The number of aromatic nitrogens is 4. The topological polar surface area (TPSA) is 66.8 Å². The quantitative estimate of drug-likeness (QED) is 0.797. The molecule has 25 heavy (non-hydrogen) atoms. The lowest BCUT2D eigenvalue weighted by Gasteiger charge is -2.32. The van der Waals surface area contributed by atoms with Crippen LogP contribution in [0.3, 0.4) is 0 Å². The molecule has 0 aliphatic carbocycles. The van der Waals surface area contributed by atoms with E-state index in [1.165, 1.54) is 5.56 Å². The lowest BCUT2D eigenvalue weighted by Crippen LogP contribution is -2.40. The number of hydrogen-bond donors (Lipinski definition) is 1. The van der Waals surface area contributed by atoms with Crippen molar-refractivity contribution in [2.45, 2.75) is 25.3 Å². The molecule has 1 fully saturated rings.